The van der Waals surface area contributed by atoms with Crippen molar-refractivity contribution in [1.29, 1.82) is 0 Å². The molecule has 58 heavy (non-hydrogen) atoms. The molecule has 2 N–H and O–H groups in total. The molecule has 0 spiro atoms. The number of aromatic hydroxyl groups is 1. The van der Waals surface area contributed by atoms with Crippen LogP contribution in [0.15, 0.2) is 36.4 Å². The van der Waals surface area contributed by atoms with Gasteiger partial charge in [-0.25, -0.2) is 9.59 Å². The Hall–Kier alpha value is -4.40. The Morgan fingerprint density at radius 3 is 2.24 bits per heavy atom. The molecular formula is C44H65N7O7. The van der Waals surface area contributed by atoms with Crippen LogP contribution in [0.2, 0.25) is 0 Å². The summed E-state index contributed by atoms with van der Waals surface area (Å²) in [6, 6.07) is 11.8. The molecule has 2 aromatic rings. The van der Waals surface area contributed by atoms with E-state index in [4.69, 9.17) is 9.47 Å². The van der Waals surface area contributed by atoms with Crippen molar-refractivity contribution in [2.45, 2.75) is 90.3 Å². The van der Waals surface area contributed by atoms with Crippen molar-refractivity contribution in [3.8, 4) is 5.75 Å². The lowest BCUT2D eigenvalue weighted by atomic mass is 10.00. The van der Waals surface area contributed by atoms with Crippen LogP contribution >= 0.6 is 0 Å². The molecule has 0 radical (unpaired) electrons. The van der Waals surface area contributed by atoms with Crippen molar-refractivity contribution in [1.82, 2.24) is 29.4 Å². The van der Waals surface area contributed by atoms with E-state index in [0.717, 1.165) is 88.2 Å². The largest absolute Gasteiger partial charge is 0.507 e. The van der Waals surface area contributed by atoms with E-state index in [1.807, 2.05) is 60.0 Å². The molecule has 3 saturated heterocycles. The maximum Gasteiger partial charge on any atom is 0.410 e. The van der Waals surface area contributed by atoms with Crippen molar-refractivity contribution in [2.24, 2.45) is 0 Å². The number of carbonyl (C=O) groups excluding carboxylic acids is 4. The molecule has 4 aliphatic rings. The zero-order chi connectivity index (χ0) is 41.2. The number of likely N-dealkylation sites (tertiary alicyclic amines) is 2. The summed E-state index contributed by atoms with van der Waals surface area (Å²) >= 11 is 0. The first-order chi connectivity index (χ1) is 28.0. The highest BCUT2D eigenvalue weighted by Gasteiger charge is 2.36. The molecular weight excluding hydrogens is 739 g/mol. The van der Waals surface area contributed by atoms with Crippen molar-refractivity contribution in [3.63, 3.8) is 0 Å². The van der Waals surface area contributed by atoms with Gasteiger partial charge < -0.3 is 39.5 Å². The zero-order valence-electron chi connectivity index (χ0n) is 35.1. The molecule has 6 rings (SSSR count). The van der Waals surface area contributed by atoms with Gasteiger partial charge in [0, 0.05) is 89.6 Å². The number of piperazine rings is 1. The highest BCUT2D eigenvalue weighted by atomic mass is 16.6. The van der Waals surface area contributed by atoms with Crippen molar-refractivity contribution in [2.75, 3.05) is 97.5 Å². The average Bonchev–Trinajstić information content (AvgIpc) is 3.39. The van der Waals surface area contributed by atoms with Crippen LogP contribution in [0.4, 0.5) is 15.3 Å². The maximum atomic E-state index is 14.2. The number of nitrogens with one attached hydrogen (secondary N) is 1. The summed E-state index contributed by atoms with van der Waals surface area (Å²) in [6.45, 7) is 14.0. The minimum Gasteiger partial charge on any atom is -0.507 e. The van der Waals surface area contributed by atoms with E-state index in [-0.39, 0.29) is 36.1 Å². The standard InChI is InChI=1S/C44H65N7O7/c1-5-6-16-46(4)26-27-57-40(52)31-47-17-12-36(13-18-47)48-22-24-49(25-23-48)42(54)39(30-34-28-32(2)41(53)33(3)29-34)58-44(56)50-19-14-37(15-20-50)51-21-11-35-9-7-8-10-38(35)45-43(51)55/h7-10,28-29,36-37,39,53H,5-6,11-27,30-31H2,1-4H3,(H,45,55)/t39-/m1/s1. The number of hydrogen-bond donors (Lipinski definition) is 2. The summed E-state index contributed by atoms with van der Waals surface area (Å²) < 4.78 is 11.6. The van der Waals surface area contributed by atoms with E-state index in [1.54, 1.807) is 4.90 Å². The summed E-state index contributed by atoms with van der Waals surface area (Å²) in [5.41, 5.74) is 4.19. The molecule has 1 atom stereocenters. The number of hydrogen-bond acceptors (Lipinski definition) is 10. The number of anilines is 1. The third-order valence-corrected chi connectivity index (χ3v) is 12.5. The minimum atomic E-state index is -1.02. The average molecular weight is 804 g/mol. The van der Waals surface area contributed by atoms with Gasteiger partial charge >= 0.3 is 18.1 Å². The highest BCUT2D eigenvalue weighted by Crippen LogP contribution is 2.27. The van der Waals surface area contributed by atoms with E-state index >= 15 is 0 Å². The number of likely N-dealkylation sites (N-methyl/N-ethyl adjacent to an activating group) is 1. The lowest BCUT2D eigenvalue weighted by Crippen LogP contribution is -2.57. The smallest absolute Gasteiger partial charge is 0.410 e. The number of esters is 1. The number of unbranched alkanes of at least 4 members (excludes halogenated alkanes) is 1. The third-order valence-electron chi connectivity index (χ3n) is 12.5. The van der Waals surface area contributed by atoms with E-state index in [2.05, 4.69) is 34.0 Å². The quantitative estimate of drug-likeness (QED) is 0.263. The number of amides is 4. The number of para-hydroxylation sites is 1. The minimum absolute atomic E-state index is 0.00351. The second kappa shape index (κ2) is 20.5. The molecule has 318 valence electrons. The van der Waals surface area contributed by atoms with Crippen LogP contribution in [-0.2, 0) is 31.9 Å². The van der Waals surface area contributed by atoms with Gasteiger partial charge in [-0.1, -0.05) is 43.7 Å². The van der Waals surface area contributed by atoms with Crippen molar-refractivity contribution < 1.29 is 33.8 Å². The Balaban J connectivity index is 0.989. The first-order valence-electron chi connectivity index (χ1n) is 21.5. The number of urea groups is 1. The summed E-state index contributed by atoms with van der Waals surface area (Å²) in [5, 5.41) is 13.5. The number of phenolic OH excluding ortho intramolecular Hbond substituents is 1. The second-order valence-corrected chi connectivity index (χ2v) is 16.6. The van der Waals surface area contributed by atoms with Gasteiger partial charge in [-0.3, -0.25) is 19.4 Å². The van der Waals surface area contributed by atoms with Gasteiger partial charge in [0.15, 0.2) is 6.10 Å². The normalized spacial score (nSPS) is 19.4. The molecule has 4 amide bonds. The van der Waals surface area contributed by atoms with Gasteiger partial charge in [-0.2, -0.15) is 0 Å². The maximum absolute atomic E-state index is 14.2. The van der Waals surface area contributed by atoms with Gasteiger partial charge in [-0.05, 0) is 94.3 Å². The summed E-state index contributed by atoms with van der Waals surface area (Å²) in [6.07, 6.45) is 4.86. The monoisotopic (exact) mass is 803 g/mol. The molecule has 3 fully saturated rings. The second-order valence-electron chi connectivity index (χ2n) is 16.6. The van der Waals surface area contributed by atoms with E-state index < -0.39 is 12.2 Å². The number of benzene rings is 2. The molecule has 2 aromatic carbocycles. The van der Waals surface area contributed by atoms with E-state index in [9.17, 15) is 24.3 Å². The topological polar surface area (TPSA) is 138 Å². The molecule has 0 unspecified atom stereocenters. The molecule has 0 bridgehead atoms. The Labute approximate surface area is 344 Å². The number of aryl methyl sites for hydroxylation is 2. The fourth-order valence-electron chi connectivity index (χ4n) is 8.89. The Morgan fingerprint density at radius 2 is 1.55 bits per heavy atom. The molecule has 0 saturated carbocycles. The predicted molar refractivity (Wildman–Crippen MR) is 223 cm³/mol. The SMILES string of the molecule is CCCCN(C)CCOC(=O)CN1CCC(N2CCN(C(=O)[C@@H](Cc3cc(C)c(O)c(C)c3)OC(=O)N3CCC(N4CCc5ccccc5NC4=O)CC3)CC2)CC1. The lowest BCUT2D eigenvalue weighted by molar-refractivity contribution is -0.145. The highest BCUT2D eigenvalue weighted by molar-refractivity contribution is 5.91. The number of nitrogens with zero attached hydrogens (tertiary/aromatic N) is 6. The van der Waals surface area contributed by atoms with Gasteiger partial charge in [0.1, 0.15) is 12.4 Å². The Morgan fingerprint density at radius 1 is 0.879 bits per heavy atom. The molecule has 14 nitrogen and oxygen atoms in total. The molecule has 14 heteroatoms. The fourth-order valence-corrected chi connectivity index (χ4v) is 8.89. The van der Waals surface area contributed by atoms with Crippen LogP contribution in [-0.4, -0.2) is 169 Å². The van der Waals surface area contributed by atoms with Gasteiger partial charge in [-0.15, -0.1) is 0 Å². The Bertz CT molecular complexity index is 1690. The van der Waals surface area contributed by atoms with Gasteiger partial charge in [0.25, 0.3) is 5.91 Å². The van der Waals surface area contributed by atoms with E-state index in [1.165, 1.54) is 0 Å². The number of carbonyl (C=O) groups is 4. The fraction of sp³-hybridized carbons (Fsp3) is 0.636. The molecule has 0 aliphatic carbocycles. The number of ether oxygens (including phenoxy) is 2. The zero-order valence-corrected chi connectivity index (χ0v) is 35.1. The number of rotatable bonds is 14. The van der Waals surface area contributed by atoms with Crippen LogP contribution in [0.3, 0.4) is 0 Å². The van der Waals surface area contributed by atoms with Crippen LogP contribution in [0.5, 0.6) is 5.75 Å². The number of piperidine rings is 2. The van der Waals surface area contributed by atoms with Crippen LogP contribution in [0.25, 0.3) is 0 Å². The van der Waals surface area contributed by atoms with Crippen molar-refractivity contribution in [3.05, 3.63) is 58.7 Å². The summed E-state index contributed by atoms with van der Waals surface area (Å²) in [5.74, 6) is -0.158. The van der Waals surface area contributed by atoms with E-state index in [0.29, 0.717) is 75.9 Å². The van der Waals surface area contributed by atoms with Crippen LogP contribution < -0.4 is 5.32 Å². The number of phenols is 1. The van der Waals surface area contributed by atoms with Crippen LogP contribution in [0.1, 0.15) is 67.7 Å². The first-order valence-corrected chi connectivity index (χ1v) is 21.5. The first kappa shape index (κ1) is 43.2. The molecule has 4 aliphatic heterocycles. The van der Waals surface area contributed by atoms with Crippen LogP contribution in [0, 0.1) is 13.8 Å². The Kier molecular flexibility index (Phi) is 15.3. The summed E-state index contributed by atoms with van der Waals surface area (Å²) in [7, 11) is 2.06. The van der Waals surface area contributed by atoms with Gasteiger partial charge in [0.2, 0.25) is 0 Å². The number of fused-ring (bicyclic) bond motifs is 1. The predicted octanol–water partition coefficient (Wildman–Crippen LogP) is 4.50. The summed E-state index contributed by atoms with van der Waals surface area (Å²) in [4.78, 5) is 65.8. The lowest BCUT2D eigenvalue weighted by Gasteiger charge is -2.43. The molecule has 0 aromatic heterocycles. The van der Waals surface area contributed by atoms with Gasteiger partial charge in [0.05, 0.1) is 6.54 Å². The third kappa shape index (κ3) is 11.4. The molecule has 4 heterocycles. The van der Waals surface area contributed by atoms with Crippen molar-refractivity contribution >= 4 is 29.7 Å².